The molecule has 0 saturated heterocycles. The van der Waals surface area contributed by atoms with Gasteiger partial charge in [0.15, 0.2) is 3.95 Å². The summed E-state index contributed by atoms with van der Waals surface area (Å²) in [5, 5.41) is 0. The van der Waals surface area contributed by atoms with Crippen LogP contribution in [0.4, 0.5) is 5.69 Å². The monoisotopic (exact) mass is 337 g/mol. The van der Waals surface area contributed by atoms with Gasteiger partial charge in [-0.1, -0.05) is 37.1 Å². The fourth-order valence-corrected chi connectivity index (χ4v) is 3.92. The number of H-pyrrole nitrogens is 1. The second-order valence-electron chi connectivity index (χ2n) is 3.98. The minimum atomic E-state index is 0.848. The predicted molar refractivity (Wildman–Crippen MR) is 93.8 cm³/mol. The first-order valence-electron chi connectivity index (χ1n) is 5.83. The van der Waals surface area contributed by atoms with Crippen molar-refractivity contribution < 1.29 is 0 Å². The van der Waals surface area contributed by atoms with E-state index in [-0.39, 0.29) is 0 Å². The van der Waals surface area contributed by atoms with Crippen LogP contribution >= 0.6 is 48.3 Å². The first-order chi connectivity index (χ1) is 9.72. The predicted octanol–water partition coefficient (Wildman–Crippen LogP) is 5.14. The molecule has 3 nitrogen and oxygen atoms in total. The zero-order valence-electron chi connectivity index (χ0n) is 10.2. The Hall–Kier alpha value is -0.990. The van der Waals surface area contributed by atoms with Crippen molar-refractivity contribution in [2.75, 3.05) is 5.43 Å². The van der Waals surface area contributed by atoms with Crippen molar-refractivity contribution in [2.45, 2.75) is 4.90 Å². The van der Waals surface area contributed by atoms with Crippen molar-refractivity contribution in [3.63, 3.8) is 0 Å². The Morgan fingerprint density at radius 1 is 1.05 bits per heavy atom. The van der Waals surface area contributed by atoms with Crippen LogP contribution in [0.5, 0.6) is 0 Å². The molecule has 3 aromatic rings. The number of fused-ring (bicyclic) bond motifs is 2. The smallest absolute Gasteiger partial charge is 0.159 e. The maximum Gasteiger partial charge on any atom is 0.159 e. The maximum atomic E-state index is 4.98. The first kappa shape index (κ1) is 14.0. The van der Waals surface area contributed by atoms with Gasteiger partial charge in [0.25, 0.3) is 0 Å². The van der Waals surface area contributed by atoms with Gasteiger partial charge in [0.2, 0.25) is 0 Å². The Labute approximate surface area is 135 Å². The molecule has 1 aliphatic heterocycles. The Balaban J connectivity index is 0.000000121. The van der Waals surface area contributed by atoms with Crippen LogP contribution in [0.15, 0.2) is 53.4 Å². The number of hydrogen-bond donors (Lipinski definition) is 3. The number of aromatic nitrogens is 1. The fraction of sp³-hybridized carbons (Fsp3) is 0. The van der Waals surface area contributed by atoms with Crippen LogP contribution < -0.4 is 5.43 Å². The highest BCUT2D eigenvalue weighted by Gasteiger charge is 2.14. The van der Waals surface area contributed by atoms with Gasteiger partial charge in [0.1, 0.15) is 0 Å². The Kier molecular flexibility index (Phi) is 4.32. The molecule has 0 radical (unpaired) electrons. The standard InChI is InChI=1S/C7H5NS2.C6H6N2S2/c9-7-8-5-3-1-2-4-6(5)10-7;9-8-7-5-3-1-2-4-6(5)10-8/h1-4H,(H,8,9);1-4,7,9H. The third-order valence-corrected chi connectivity index (χ3v) is 4.99. The largest absolute Gasteiger partial charge is 0.337 e. The van der Waals surface area contributed by atoms with Crippen LogP contribution in [-0.2, 0) is 0 Å². The molecule has 0 spiro atoms. The van der Waals surface area contributed by atoms with Gasteiger partial charge >= 0.3 is 0 Å². The summed E-state index contributed by atoms with van der Waals surface area (Å²) >= 11 is 12.3. The number of thiol groups is 1. The molecule has 0 aliphatic carbocycles. The van der Waals surface area contributed by atoms with Crippen LogP contribution in [-0.4, -0.2) is 8.80 Å². The third-order valence-electron chi connectivity index (χ3n) is 2.61. The minimum absolute atomic E-state index is 0.848. The van der Waals surface area contributed by atoms with E-state index < -0.39 is 0 Å². The molecule has 1 aliphatic rings. The van der Waals surface area contributed by atoms with E-state index in [1.165, 1.54) is 9.60 Å². The van der Waals surface area contributed by atoms with Crippen LogP contribution in [0.2, 0.25) is 0 Å². The Morgan fingerprint density at radius 2 is 1.80 bits per heavy atom. The van der Waals surface area contributed by atoms with Gasteiger partial charge in [0.05, 0.1) is 20.8 Å². The number of thiazole rings is 1. The molecule has 4 rings (SSSR count). The molecule has 102 valence electrons. The van der Waals surface area contributed by atoms with E-state index in [1.54, 1.807) is 27.1 Å². The average molecular weight is 338 g/mol. The molecule has 2 aromatic carbocycles. The van der Waals surface area contributed by atoms with Crippen LogP contribution in [0.3, 0.4) is 0 Å². The molecule has 20 heavy (non-hydrogen) atoms. The number of benzene rings is 2. The number of anilines is 1. The third kappa shape index (κ3) is 3.18. The molecule has 0 unspecified atom stereocenters. The zero-order valence-corrected chi connectivity index (χ0v) is 13.6. The highest BCUT2D eigenvalue weighted by atomic mass is 32.2. The molecule has 0 amide bonds. The summed E-state index contributed by atoms with van der Waals surface area (Å²) < 4.78 is 3.76. The summed E-state index contributed by atoms with van der Waals surface area (Å²) in [6.45, 7) is 0. The Morgan fingerprint density at radius 3 is 2.60 bits per heavy atom. The van der Waals surface area contributed by atoms with E-state index in [9.17, 15) is 0 Å². The van der Waals surface area contributed by atoms with Crippen molar-refractivity contribution in [2.24, 2.45) is 0 Å². The fourth-order valence-electron chi connectivity index (χ4n) is 1.75. The number of nitrogens with one attached hydrogen (secondary N) is 2. The molecular weight excluding hydrogens is 326 g/mol. The number of rotatable bonds is 0. The second kappa shape index (κ2) is 6.19. The van der Waals surface area contributed by atoms with Crippen molar-refractivity contribution in [3.05, 3.63) is 52.5 Å². The quantitative estimate of drug-likeness (QED) is 0.301. The number of hydrogen-bond acceptors (Lipinski definition) is 6. The van der Waals surface area contributed by atoms with Gasteiger partial charge in [-0.25, -0.2) is 0 Å². The van der Waals surface area contributed by atoms with Gasteiger partial charge < -0.3 is 4.98 Å². The van der Waals surface area contributed by atoms with Gasteiger partial charge in [0, 0.05) is 0 Å². The molecular formula is C13H11N3S4. The molecule has 2 N–H and O–H groups in total. The van der Waals surface area contributed by atoms with E-state index in [1.807, 2.05) is 36.4 Å². The highest BCUT2D eigenvalue weighted by molar-refractivity contribution is 8.06. The lowest BCUT2D eigenvalue weighted by Crippen LogP contribution is -2.03. The normalized spacial score (nSPS) is 13.4. The van der Waals surface area contributed by atoms with Crippen molar-refractivity contribution in [1.82, 2.24) is 8.80 Å². The molecule has 2 heterocycles. The van der Waals surface area contributed by atoms with Gasteiger partial charge in [-0.3, -0.25) is 5.43 Å². The van der Waals surface area contributed by atoms with E-state index in [4.69, 9.17) is 12.2 Å². The van der Waals surface area contributed by atoms with Crippen molar-refractivity contribution in [1.29, 1.82) is 0 Å². The molecule has 7 heteroatoms. The molecule has 0 saturated carbocycles. The van der Waals surface area contributed by atoms with E-state index in [0.717, 1.165) is 15.2 Å². The lowest BCUT2D eigenvalue weighted by Gasteiger charge is -2.02. The zero-order chi connectivity index (χ0) is 13.9. The summed E-state index contributed by atoms with van der Waals surface area (Å²) in [7, 11) is 0. The van der Waals surface area contributed by atoms with Crippen molar-refractivity contribution >= 4 is 64.2 Å². The van der Waals surface area contributed by atoms with Gasteiger partial charge in [-0.15, -0.1) is 15.2 Å². The van der Waals surface area contributed by atoms with Crippen molar-refractivity contribution in [3.8, 4) is 0 Å². The summed E-state index contributed by atoms with van der Waals surface area (Å²) in [5.41, 5.74) is 5.32. The topological polar surface area (TPSA) is 31.1 Å². The summed E-state index contributed by atoms with van der Waals surface area (Å²) in [6.07, 6.45) is 0. The maximum absolute atomic E-state index is 4.98. The average Bonchev–Trinajstić information content (AvgIpc) is 2.99. The molecule has 1 aromatic heterocycles. The number of nitrogens with zero attached hydrogens (tertiary/aromatic N) is 1. The Bertz CT molecular complexity index is 719. The SMILES string of the molecule is S=c1[nH]c2ccccc2s1.SN1Nc2ccccc2S1. The van der Waals surface area contributed by atoms with Crippen LogP contribution in [0.1, 0.15) is 0 Å². The van der Waals surface area contributed by atoms with Crippen LogP contribution in [0, 0.1) is 3.95 Å². The minimum Gasteiger partial charge on any atom is -0.337 e. The summed E-state index contributed by atoms with van der Waals surface area (Å²) in [6, 6.07) is 16.2. The number of para-hydroxylation sites is 2. The van der Waals surface area contributed by atoms with Crippen LogP contribution in [0.25, 0.3) is 10.2 Å². The second-order valence-corrected chi connectivity index (χ2v) is 7.36. The lowest BCUT2D eigenvalue weighted by molar-refractivity contribution is 0.948. The van der Waals surface area contributed by atoms with Gasteiger partial charge in [-0.2, -0.15) is 0 Å². The summed E-state index contributed by atoms with van der Waals surface area (Å²) in [4.78, 5) is 4.31. The lowest BCUT2D eigenvalue weighted by atomic mass is 10.3. The molecule has 0 atom stereocenters. The van der Waals surface area contributed by atoms with E-state index >= 15 is 0 Å². The molecule has 0 fully saturated rings. The molecule has 0 bridgehead atoms. The van der Waals surface area contributed by atoms with Gasteiger partial charge in [-0.05, 0) is 48.4 Å². The van der Waals surface area contributed by atoms with E-state index in [2.05, 4.69) is 35.4 Å². The summed E-state index contributed by atoms with van der Waals surface area (Å²) in [5.74, 6) is 0. The van der Waals surface area contributed by atoms with E-state index in [0.29, 0.717) is 0 Å². The highest BCUT2D eigenvalue weighted by Crippen LogP contribution is 2.37. The first-order valence-corrected chi connectivity index (χ1v) is 8.23. The number of hydrazine groups is 1. The number of aromatic amines is 1.